The summed E-state index contributed by atoms with van der Waals surface area (Å²) in [7, 11) is -3.51. The molecule has 0 unspecified atom stereocenters. The van der Waals surface area contributed by atoms with E-state index in [2.05, 4.69) is 5.32 Å². The fourth-order valence-electron chi connectivity index (χ4n) is 2.05. The summed E-state index contributed by atoms with van der Waals surface area (Å²) in [6.45, 7) is 3.61. The van der Waals surface area contributed by atoms with Crippen LogP contribution in [0.5, 0.6) is 0 Å². The van der Waals surface area contributed by atoms with Gasteiger partial charge in [-0.3, -0.25) is 4.79 Å². The Kier molecular flexibility index (Phi) is 4.59. The normalized spacial score (nSPS) is 16.7. The molecule has 0 atom stereocenters. The average molecular weight is 302 g/mol. The van der Waals surface area contributed by atoms with Gasteiger partial charge in [-0.1, -0.05) is 6.92 Å². The van der Waals surface area contributed by atoms with Crippen molar-refractivity contribution in [1.29, 1.82) is 0 Å². The smallest absolute Gasteiger partial charge is 0.262 e. The van der Waals surface area contributed by atoms with E-state index < -0.39 is 10.0 Å². The van der Waals surface area contributed by atoms with Crippen LogP contribution in [0.25, 0.3) is 0 Å². The first-order valence-corrected chi connectivity index (χ1v) is 8.75. The molecule has 1 N–H and O–H groups in total. The fraction of sp³-hybridized carbons (Fsp3) is 0.583. The second kappa shape index (κ2) is 6.02. The number of nitrogens with zero attached hydrogens (tertiary/aromatic N) is 1. The summed E-state index contributed by atoms with van der Waals surface area (Å²) in [6, 6.07) is 1.53. The van der Waals surface area contributed by atoms with Crippen molar-refractivity contribution in [3.8, 4) is 0 Å². The molecule has 5 nitrogen and oxygen atoms in total. The van der Waals surface area contributed by atoms with E-state index in [-0.39, 0.29) is 10.8 Å². The highest BCUT2D eigenvalue weighted by Gasteiger charge is 2.31. The molecule has 1 amide bonds. The van der Waals surface area contributed by atoms with E-state index in [1.165, 1.54) is 21.7 Å². The van der Waals surface area contributed by atoms with Crippen LogP contribution in [0.1, 0.15) is 35.9 Å². The maximum absolute atomic E-state index is 12.4. The molecule has 106 valence electrons. The lowest BCUT2D eigenvalue weighted by Gasteiger charge is -2.15. The first-order chi connectivity index (χ1) is 9.07. The standard InChI is InChI=1S/C12H18N2O3S2/c1-2-6-13-12(15)11-10(5-9-18-11)19(16,17)14-7-3-4-8-14/h5,9H,2-4,6-8H2,1H3,(H,13,15). The summed E-state index contributed by atoms with van der Waals surface area (Å²) >= 11 is 1.18. The minimum absolute atomic E-state index is 0.146. The van der Waals surface area contributed by atoms with E-state index in [4.69, 9.17) is 0 Å². The largest absolute Gasteiger partial charge is 0.351 e. The van der Waals surface area contributed by atoms with Gasteiger partial charge < -0.3 is 5.32 Å². The molecule has 0 bridgehead atoms. The van der Waals surface area contributed by atoms with Gasteiger partial charge >= 0.3 is 0 Å². The maximum atomic E-state index is 12.4. The highest BCUT2D eigenvalue weighted by molar-refractivity contribution is 7.89. The molecular weight excluding hydrogens is 284 g/mol. The van der Waals surface area contributed by atoms with Crippen LogP contribution >= 0.6 is 11.3 Å². The lowest BCUT2D eigenvalue weighted by Crippen LogP contribution is -2.30. The molecule has 1 saturated heterocycles. The first kappa shape index (κ1) is 14.5. The van der Waals surface area contributed by atoms with Crippen molar-refractivity contribution in [3.63, 3.8) is 0 Å². The van der Waals surface area contributed by atoms with E-state index in [0.717, 1.165) is 19.3 Å². The van der Waals surface area contributed by atoms with Gasteiger partial charge in [-0.25, -0.2) is 8.42 Å². The van der Waals surface area contributed by atoms with Crippen LogP contribution in [-0.2, 0) is 10.0 Å². The van der Waals surface area contributed by atoms with Crippen LogP contribution in [0.2, 0.25) is 0 Å². The molecule has 19 heavy (non-hydrogen) atoms. The van der Waals surface area contributed by atoms with Gasteiger partial charge in [0.1, 0.15) is 9.77 Å². The molecule has 1 aliphatic rings. The van der Waals surface area contributed by atoms with Gasteiger partial charge in [-0.2, -0.15) is 4.31 Å². The summed E-state index contributed by atoms with van der Waals surface area (Å²) in [5, 5.41) is 4.38. The van der Waals surface area contributed by atoms with Gasteiger partial charge in [0.2, 0.25) is 10.0 Å². The van der Waals surface area contributed by atoms with E-state index >= 15 is 0 Å². The van der Waals surface area contributed by atoms with Crippen molar-refractivity contribution in [2.45, 2.75) is 31.1 Å². The average Bonchev–Trinajstić information content (AvgIpc) is 3.05. The number of carbonyl (C=O) groups is 1. The highest BCUT2D eigenvalue weighted by Crippen LogP contribution is 2.27. The zero-order valence-corrected chi connectivity index (χ0v) is 12.5. The second-order valence-electron chi connectivity index (χ2n) is 4.48. The zero-order chi connectivity index (χ0) is 13.9. The van der Waals surface area contributed by atoms with Gasteiger partial charge in [0.25, 0.3) is 5.91 Å². The number of amides is 1. The summed E-state index contributed by atoms with van der Waals surface area (Å²) in [4.78, 5) is 12.4. The van der Waals surface area contributed by atoms with Gasteiger partial charge in [-0.05, 0) is 30.7 Å². The molecular formula is C12H18N2O3S2. The van der Waals surface area contributed by atoms with Crippen molar-refractivity contribution in [3.05, 3.63) is 16.3 Å². The van der Waals surface area contributed by atoms with Crippen LogP contribution < -0.4 is 5.32 Å². The Morgan fingerprint density at radius 2 is 2.11 bits per heavy atom. The molecule has 1 aliphatic heterocycles. The molecule has 0 radical (unpaired) electrons. The maximum Gasteiger partial charge on any atom is 0.262 e. The Bertz CT molecular complexity index is 545. The van der Waals surface area contributed by atoms with Crippen LogP contribution in [0.3, 0.4) is 0 Å². The highest BCUT2D eigenvalue weighted by atomic mass is 32.2. The predicted molar refractivity (Wildman–Crippen MR) is 74.9 cm³/mol. The Morgan fingerprint density at radius 3 is 2.74 bits per heavy atom. The third kappa shape index (κ3) is 2.98. The molecule has 7 heteroatoms. The number of rotatable bonds is 5. The lowest BCUT2D eigenvalue weighted by molar-refractivity contribution is 0.0954. The molecule has 0 spiro atoms. The third-order valence-electron chi connectivity index (χ3n) is 3.05. The molecule has 0 aromatic carbocycles. The lowest BCUT2D eigenvalue weighted by atomic mass is 10.4. The molecule has 1 aromatic heterocycles. The summed E-state index contributed by atoms with van der Waals surface area (Å²) in [5.41, 5.74) is 0. The Labute approximate surface area is 117 Å². The fourth-order valence-corrected chi connectivity index (χ4v) is 4.89. The van der Waals surface area contributed by atoms with Gasteiger partial charge in [0.05, 0.1) is 0 Å². The number of carbonyl (C=O) groups excluding carboxylic acids is 1. The van der Waals surface area contributed by atoms with Crippen LogP contribution in [0, 0.1) is 0 Å². The van der Waals surface area contributed by atoms with Crippen LogP contribution in [-0.4, -0.2) is 38.3 Å². The number of sulfonamides is 1. The van der Waals surface area contributed by atoms with Crippen LogP contribution in [0.4, 0.5) is 0 Å². The van der Waals surface area contributed by atoms with E-state index in [9.17, 15) is 13.2 Å². The van der Waals surface area contributed by atoms with Gasteiger partial charge in [-0.15, -0.1) is 11.3 Å². The molecule has 1 fully saturated rings. The monoisotopic (exact) mass is 302 g/mol. The Hall–Kier alpha value is -0.920. The van der Waals surface area contributed by atoms with Gasteiger partial charge in [0.15, 0.2) is 0 Å². The third-order valence-corrected chi connectivity index (χ3v) is 6.04. The predicted octanol–water partition coefficient (Wildman–Crippen LogP) is 1.67. The Morgan fingerprint density at radius 1 is 1.42 bits per heavy atom. The molecule has 2 rings (SSSR count). The molecule has 2 heterocycles. The van der Waals surface area contributed by atoms with Crippen molar-refractivity contribution < 1.29 is 13.2 Å². The van der Waals surface area contributed by atoms with Crippen molar-refractivity contribution in [2.75, 3.05) is 19.6 Å². The van der Waals surface area contributed by atoms with Crippen molar-refractivity contribution in [1.82, 2.24) is 9.62 Å². The van der Waals surface area contributed by atoms with E-state index in [0.29, 0.717) is 24.5 Å². The van der Waals surface area contributed by atoms with E-state index in [1.54, 1.807) is 5.38 Å². The number of hydrogen-bond acceptors (Lipinski definition) is 4. The zero-order valence-electron chi connectivity index (χ0n) is 10.9. The molecule has 0 aliphatic carbocycles. The minimum Gasteiger partial charge on any atom is -0.351 e. The van der Waals surface area contributed by atoms with Crippen molar-refractivity contribution in [2.24, 2.45) is 0 Å². The summed E-state index contributed by atoms with van der Waals surface area (Å²) < 4.78 is 26.4. The second-order valence-corrected chi connectivity index (χ2v) is 7.30. The SMILES string of the molecule is CCCNC(=O)c1sccc1S(=O)(=O)N1CCCC1. The minimum atomic E-state index is -3.51. The Balaban J connectivity index is 2.25. The van der Waals surface area contributed by atoms with E-state index in [1.807, 2.05) is 6.92 Å². The molecule has 1 aromatic rings. The summed E-state index contributed by atoms with van der Waals surface area (Å²) in [5.74, 6) is -0.297. The quantitative estimate of drug-likeness (QED) is 0.900. The summed E-state index contributed by atoms with van der Waals surface area (Å²) in [6.07, 6.45) is 2.60. The number of nitrogens with one attached hydrogen (secondary N) is 1. The van der Waals surface area contributed by atoms with Crippen LogP contribution in [0.15, 0.2) is 16.3 Å². The molecule has 0 saturated carbocycles. The number of hydrogen-bond donors (Lipinski definition) is 1. The topological polar surface area (TPSA) is 66.5 Å². The first-order valence-electron chi connectivity index (χ1n) is 6.43. The van der Waals surface area contributed by atoms with Gasteiger partial charge in [0, 0.05) is 19.6 Å². The number of thiophene rings is 1. The van der Waals surface area contributed by atoms with Crippen molar-refractivity contribution >= 4 is 27.3 Å².